The number of carboxylic acids is 1. The van der Waals surface area contributed by atoms with Gasteiger partial charge in [0.15, 0.2) is 0 Å². The first kappa shape index (κ1) is 9.79. The van der Waals surface area contributed by atoms with Crippen LogP contribution in [-0.4, -0.2) is 37.7 Å². The predicted octanol–water partition coefficient (Wildman–Crippen LogP) is -0.190. The summed E-state index contributed by atoms with van der Waals surface area (Å²) in [7, 11) is 0. The minimum absolute atomic E-state index is 0.0569. The second kappa shape index (κ2) is 2.43. The van der Waals surface area contributed by atoms with Gasteiger partial charge in [-0.1, -0.05) is 0 Å². The third-order valence-corrected chi connectivity index (χ3v) is 4.51. The molecule has 0 spiro atoms. The van der Waals surface area contributed by atoms with Crippen LogP contribution in [0.3, 0.4) is 0 Å². The van der Waals surface area contributed by atoms with E-state index in [2.05, 4.69) is 0 Å². The van der Waals surface area contributed by atoms with E-state index in [0.29, 0.717) is 6.42 Å². The molecule has 0 aromatic carbocycles. The van der Waals surface area contributed by atoms with Gasteiger partial charge < -0.3 is 10.0 Å². The normalized spacial score (nSPS) is 39.2. The lowest BCUT2D eigenvalue weighted by molar-refractivity contribution is -0.167. The van der Waals surface area contributed by atoms with E-state index in [9.17, 15) is 9.59 Å². The van der Waals surface area contributed by atoms with Gasteiger partial charge in [0, 0.05) is 0 Å². The van der Waals surface area contributed by atoms with E-state index in [4.69, 9.17) is 10.8 Å². The molecule has 2 atom stereocenters. The van der Waals surface area contributed by atoms with Crippen molar-refractivity contribution in [1.82, 2.24) is 4.90 Å². The van der Waals surface area contributed by atoms with Gasteiger partial charge in [-0.3, -0.25) is 10.5 Å². The highest BCUT2D eigenvalue weighted by Gasteiger charge is 2.67. The van der Waals surface area contributed by atoms with Crippen molar-refractivity contribution in [2.45, 2.75) is 36.1 Å². The Morgan fingerprint density at radius 2 is 2.29 bits per heavy atom. The molecule has 2 fully saturated rings. The van der Waals surface area contributed by atoms with Crippen LogP contribution in [0.2, 0.25) is 0 Å². The molecule has 0 aromatic rings. The van der Waals surface area contributed by atoms with Gasteiger partial charge in [-0.2, -0.15) is 0 Å². The minimum Gasteiger partial charge on any atom is -0.478 e. The highest BCUT2D eigenvalue weighted by atomic mass is 32.2. The molecule has 5 nitrogen and oxygen atoms in total. The number of rotatable bonds is 1. The van der Waals surface area contributed by atoms with E-state index in [1.165, 1.54) is 16.7 Å². The molecular formula is C8H12N2O3S. The van der Waals surface area contributed by atoms with E-state index in [-0.39, 0.29) is 11.3 Å². The summed E-state index contributed by atoms with van der Waals surface area (Å²) in [6.45, 7) is 3.52. The number of nitrogens with zero attached hydrogens (tertiary/aromatic N) is 1. The molecule has 78 valence electrons. The Labute approximate surface area is 85.6 Å². The Hall–Kier alpha value is -0.750. The second-order valence-electron chi connectivity index (χ2n) is 4.12. The molecule has 2 aliphatic rings. The van der Waals surface area contributed by atoms with Crippen LogP contribution in [0.5, 0.6) is 0 Å². The third-order valence-electron chi connectivity index (χ3n) is 2.96. The largest absolute Gasteiger partial charge is 0.478 e. The van der Waals surface area contributed by atoms with Crippen LogP contribution in [0.4, 0.5) is 0 Å². The minimum atomic E-state index is -1.56. The Morgan fingerprint density at radius 1 is 1.71 bits per heavy atom. The quantitative estimate of drug-likeness (QED) is 0.593. The second-order valence-corrected chi connectivity index (χ2v) is 5.92. The summed E-state index contributed by atoms with van der Waals surface area (Å²) < 4.78 is -0.643. The first-order valence-corrected chi connectivity index (χ1v) is 5.21. The standard InChI is InChI=1S/C8H12N2O3S/c1-7(2)8(9,6(12)13)10-4(11)3-5(10)14-7/h5H,3,9H2,1-2H3,(H,12,13). The fraction of sp³-hybridized carbons (Fsp3) is 0.750. The molecule has 0 radical (unpaired) electrons. The molecule has 3 N–H and O–H groups in total. The zero-order valence-electron chi connectivity index (χ0n) is 7.98. The van der Waals surface area contributed by atoms with Crippen molar-refractivity contribution in [2.75, 3.05) is 0 Å². The van der Waals surface area contributed by atoms with Crippen molar-refractivity contribution < 1.29 is 14.7 Å². The summed E-state index contributed by atoms with van der Waals surface area (Å²) in [6.07, 6.45) is 0.403. The Morgan fingerprint density at radius 3 is 2.64 bits per heavy atom. The molecule has 0 aromatic heterocycles. The molecule has 2 unspecified atom stereocenters. The van der Waals surface area contributed by atoms with Crippen LogP contribution in [-0.2, 0) is 9.59 Å². The Bertz CT molecular complexity index is 331. The van der Waals surface area contributed by atoms with Gasteiger partial charge in [0.2, 0.25) is 11.6 Å². The summed E-state index contributed by atoms with van der Waals surface area (Å²) in [5, 5.41) is 9.06. The molecular weight excluding hydrogens is 204 g/mol. The molecule has 0 bridgehead atoms. The number of β-lactam (4-membered cyclic amide) rings is 1. The number of fused-ring (bicyclic) bond motifs is 1. The van der Waals surface area contributed by atoms with Gasteiger partial charge in [0.1, 0.15) is 0 Å². The molecule has 6 heteroatoms. The summed E-state index contributed by atoms with van der Waals surface area (Å²) in [6, 6.07) is 0. The molecule has 2 saturated heterocycles. The average Bonchev–Trinajstić information content (AvgIpc) is 2.16. The van der Waals surface area contributed by atoms with Gasteiger partial charge in [0.05, 0.1) is 16.5 Å². The van der Waals surface area contributed by atoms with Crippen LogP contribution >= 0.6 is 11.8 Å². The fourth-order valence-corrected chi connectivity index (χ4v) is 3.65. The maximum Gasteiger partial charge on any atom is 0.346 e. The number of amides is 1. The smallest absolute Gasteiger partial charge is 0.346 e. The van der Waals surface area contributed by atoms with Crippen LogP contribution in [0, 0.1) is 0 Å². The number of carboxylic acid groups (broad SMARTS) is 1. The highest BCUT2D eigenvalue weighted by Crippen LogP contribution is 2.54. The average molecular weight is 216 g/mol. The summed E-state index contributed by atoms with van der Waals surface area (Å²) in [4.78, 5) is 23.7. The molecule has 2 aliphatic heterocycles. The van der Waals surface area contributed by atoms with E-state index >= 15 is 0 Å². The topological polar surface area (TPSA) is 83.6 Å². The highest BCUT2D eigenvalue weighted by molar-refractivity contribution is 8.01. The predicted molar refractivity (Wildman–Crippen MR) is 51.5 cm³/mol. The van der Waals surface area contributed by atoms with Crippen LogP contribution in [0.15, 0.2) is 0 Å². The number of hydrogen-bond acceptors (Lipinski definition) is 4. The van der Waals surface area contributed by atoms with E-state index < -0.39 is 16.4 Å². The van der Waals surface area contributed by atoms with Crippen molar-refractivity contribution in [2.24, 2.45) is 5.73 Å². The molecule has 14 heavy (non-hydrogen) atoms. The summed E-state index contributed by atoms with van der Waals surface area (Å²) >= 11 is 1.46. The zero-order chi connectivity index (χ0) is 10.7. The number of thioether (sulfide) groups is 1. The van der Waals surface area contributed by atoms with Crippen LogP contribution in [0.1, 0.15) is 20.3 Å². The molecule has 0 saturated carbocycles. The van der Waals surface area contributed by atoms with Gasteiger partial charge in [-0.05, 0) is 13.8 Å². The molecule has 1 amide bonds. The van der Waals surface area contributed by atoms with Crippen LogP contribution in [0.25, 0.3) is 0 Å². The lowest BCUT2D eigenvalue weighted by Gasteiger charge is -2.43. The van der Waals surface area contributed by atoms with Crippen molar-refractivity contribution in [3.8, 4) is 0 Å². The SMILES string of the molecule is CC1(C)SC2CC(=O)N2C1(N)C(=O)O. The van der Waals surface area contributed by atoms with E-state index in [1.54, 1.807) is 13.8 Å². The number of carbonyl (C=O) groups is 2. The monoisotopic (exact) mass is 216 g/mol. The van der Waals surface area contributed by atoms with Crippen molar-refractivity contribution in [1.29, 1.82) is 0 Å². The Kier molecular flexibility index (Phi) is 1.70. The first-order chi connectivity index (χ1) is 6.30. The van der Waals surface area contributed by atoms with Gasteiger partial charge in [-0.25, -0.2) is 4.79 Å². The van der Waals surface area contributed by atoms with E-state index in [1.807, 2.05) is 0 Å². The lowest BCUT2D eigenvalue weighted by atomic mass is 9.91. The zero-order valence-corrected chi connectivity index (χ0v) is 8.80. The molecule has 2 heterocycles. The van der Waals surface area contributed by atoms with Crippen molar-refractivity contribution >= 4 is 23.6 Å². The third kappa shape index (κ3) is 0.852. The molecule has 0 aliphatic carbocycles. The number of aliphatic carboxylic acids is 1. The maximum absolute atomic E-state index is 11.3. The summed E-state index contributed by atoms with van der Waals surface area (Å²) in [5.74, 6) is -1.30. The van der Waals surface area contributed by atoms with Crippen molar-refractivity contribution in [3.63, 3.8) is 0 Å². The lowest BCUT2D eigenvalue weighted by Crippen LogP contribution is -2.72. The maximum atomic E-state index is 11.3. The fourth-order valence-electron chi connectivity index (χ4n) is 1.99. The van der Waals surface area contributed by atoms with E-state index in [0.717, 1.165) is 0 Å². The van der Waals surface area contributed by atoms with Gasteiger partial charge in [-0.15, -0.1) is 11.8 Å². The van der Waals surface area contributed by atoms with Crippen LogP contribution < -0.4 is 5.73 Å². The van der Waals surface area contributed by atoms with Crippen molar-refractivity contribution in [3.05, 3.63) is 0 Å². The van der Waals surface area contributed by atoms with Gasteiger partial charge >= 0.3 is 5.97 Å². The molecule has 2 rings (SSSR count). The Balaban J connectivity index is 2.45. The first-order valence-electron chi connectivity index (χ1n) is 4.33. The van der Waals surface area contributed by atoms with Gasteiger partial charge in [0.25, 0.3) is 0 Å². The number of nitrogens with two attached hydrogens (primary N) is 1. The number of carbonyl (C=O) groups excluding carboxylic acids is 1. The summed E-state index contributed by atoms with van der Waals surface area (Å²) in [5.41, 5.74) is 4.28. The number of hydrogen-bond donors (Lipinski definition) is 2.